The van der Waals surface area contributed by atoms with Crippen LogP contribution in [0.1, 0.15) is 45.7 Å². The molecule has 1 aliphatic heterocycles. The molecule has 194 valence electrons. The summed E-state index contributed by atoms with van der Waals surface area (Å²) >= 11 is 1.64. The molecular weight excluding hydrogens is 508 g/mol. The van der Waals surface area contributed by atoms with E-state index in [2.05, 4.69) is 34.0 Å². The van der Waals surface area contributed by atoms with Gasteiger partial charge >= 0.3 is 11.9 Å². The van der Waals surface area contributed by atoms with E-state index in [9.17, 15) is 9.59 Å². The van der Waals surface area contributed by atoms with Gasteiger partial charge in [-0.25, -0.2) is 14.8 Å². The van der Waals surface area contributed by atoms with Crippen LogP contribution in [0.3, 0.4) is 0 Å². The maximum absolute atomic E-state index is 12.3. The second-order valence-electron chi connectivity index (χ2n) is 8.68. The van der Waals surface area contributed by atoms with Crippen LogP contribution in [-0.2, 0) is 14.3 Å². The number of ether oxygens (including phenoxy) is 2. The standard InChI is InChI=1S/C26H24N6O5S/c1-13-14(2)38-26-22(13)23(29-19(9-21(35)36-4)25-31-30-15(3)32(25)26)16-5-7-17(8-6-16)24-27-10-18(11-28-24)37-12-20(33)34/h5-8,10-11,19H,9,12H2,1-4H3,(H,33,34)/t19-/m0/s1. The molecule has 0 saturated heterocycles. The number of carboxylic acid groups (broad SMARTS) is 1. The van der Waals surface area contributed by atoms with Gasteiger partial charge in [0.25, 0.3) is 0 Å². The number of carboxylic acids is 1. The fraction of sp³-hybridized carbons (Fsp3) is 0.269. The number of fused-ring (bicyclic) bond motifs is 3. The lowest BCUT2D eigenvalue weighted by Gasteiger charge is -2.12. The van der Waals surface area contributed by atoms with Crippen molar-refractivity contribution in [3.05, 3.63) is 69.9 Å². The minimum Gasteiger partial charge on any atom is -0.479 e. The molecule has 1 N–H and O–H groups in total. The van der Waals surface area contributed by atoms with Crippen LogP contribution in [0.25, 0.3) is 16.4 Å². The Labute approximate surface area is 221 Å². The lowest BCUT2D eigenvalue weighted by molar-refractivity contribution is -0.141. The van der Waals surface area contributed by atoms with Crippen LogP contribution in [0.15, 0.2) is 41.7 Å². The number of hydrogen-bond acceptors (Lipinski definition) is 10. The summed E-state index contributed by atoms with van der Waals surface area (Å²) in [6, 6.07) is 7.10. The third kappa shape index (κ3) is 4.65. The highest BCUT2D eigenvalue weighted by molar-refractivity contribution is 7.15. The summed E-state index contributed by atoms with van der Waals surface area (Å²) in [4.78, 5) is 37.8. The molecule has 0 radical (unpaired) electrons. The van der Waals surface area contributed by atoms with Crippen LogP contribution in [0.2, 0.25) is 0 Å². The van der Waals surface area contributed by atoms with Crippen molar-refractivity contribution < 1.29 is 24.2 Å². The Hall–Kier alpha value is -4.45. The van der Waals surface area contributed by atoms with Gasteiger partial charge in [0, 0.05) is 21.6 Å². The summed E-state index contributed by atoms with van der Waals surface area (Å²) in [5.41, 5.74) is 4.47. The molecule has 0 fully saturated rings. The molecule has 1 aliphatic rings. The Balaban J connectivity index is 1.55. The van der Waals surface area contributed by atoms with Gasteiger partial charge < -0.3 is 14.6 Å². The van der Waals surface area contributed by atoms with E-state index in [1.54, 1.807) is 11.3 Å². The van der Waals surface area contributed by atoms with Crippen LogP contribution >= 0.6 is 11.3 Å². The Morgan fingerprint density at radius 2 is 1.74 bits per heavy atom. The first kappa shape index (κ1) is 25.2. The Morgan fingerprint density at radius 1 is 1.05 bits per heavy atom. The number of aliphatic imine (C=N–C) groups is 1. The average molecular weight is 533 g/mol. The molecule has 1 atom stereocenters. The molecule has 0 aliphatic carbocycles. The van der Waals surface area contributed by atoms with Gasteiger partial charge in [0.15, 0.2) is 24.0 Å². The molecule has 5 rings (SSSR count). The van der Waals surface area contributed by atoms with Crippen molar-refractivity contribution in [2.24, 2.45) is 4.99 Å². The number of carbonyl (C=O) groups excluding carboxylic acids is 1. The Bertz CT molecular complexity index is 1560. The second-order valence-corrected chi connectivity index (χ2v) is 9.88. The highest BCUT2D eigenvalue weighted by Crippen LogP contribution is 2.39. The fourth-order valence-corrected chi connectivity index (χ4v) is 5.44. The van der Waals surface area contributed by atoms with Crippen LogP contribution in [0, 0.1) is 20.8 Å². The van der Waals surface area contributed by atoms with E-state index in [0.717, 1.165) is 43.7 Å². The Kier molecular flexibility index (Phi) is 6.72. The van der Waals surface area contributed by atoms with Crippen molar-refractivity contribution in [3.8, 4) is 22.1 Å². The maximum atomic E-state index is 12.3. The van der Waals surface area contributed by atoms with Crippen molar-refractivity contribution in [3.63, 3.8) is 0 Å². The monoisotopic (exact) mass is 532 g/mol. The first-order chi connectivity index (χ1) is 18.3. The number of aromatic nitrogens is 5. The molecule has 0 saturated carbocycles. The highest BCUT2D eigenvalue weighted by atomic mass is 32.1. The number of nitrogens with zero attached hydrogens (tertiary/aromatic N) is 6. The third-order valence-electron chi connectivity index (χ3n) is 6.23. The number of carbonyl (C=O) groups is 2. The summed E-state index contributed by atoms with van der Waals surface area (Å²) in [6.45, 7) is 5.56. The van der Waals surface area contributed by atoms with Crippen LogP contribution in [-0.4, -0.2) is 61.2 Å². The molecule has 4 heterocycles. The van der Waals surface area contributed by atoms with Crippen LogP contribution in [0.5, 0.6) is 5.75 Å². The fourth-order valence-electron chi connectivity index (χ4n) is 4.23. The summed E-state index contributed by atoms with van der Waals surface area (Å²) in [5.74, 6) is 0.601. The van der Waals surface area contributed by atoms with Gasteiger partial charge in [-0.2, -0.15) is 0 Å². The van der Waals surface area contributed by atoms with Crippen molar-refractivity contribution in [2.45, 2.75) is 33.2 Å². The molecule has 0 spiro atoms. The first-order valence-corrected chi connectivity index (χ1v) is 12.5. The minimum absolute atomic E-state index is 0.0350. The van der Waals surface area contributed by atoms with Gasteiger partial charge in [-0.3, -0.25) is 14.4 Å². The van der Waals surface area contributed by atoms with E-state index in [1.807, 2.05) is 35.8 Å². The molecule has 38 heavy (non-hydrogen) atoms. The quantitative estimate of drug-likeness (QED) is 0.353. The van der Waals surface area contributed by atoms with E-state index in [1.165, 1.54) is 19.5 Å². The zero-order valence-electron chi connectivity index (χ0n) is 21.1. The number of aliphatic carboxylic acids is 1. The van der Waals surface area contributed by atoms with Crippen molar-refractivity contribution in [1.29, 1.82) is 0 Å². The summed E-state index contributed by atoms with van der Waals surface area (Å²) in [6.07, 6.45) is 2.91. The zero-order valence-corrected chi connectivity index (χ0v) is 21.9. The molecule has 0 unspecified atom stereocenters. The van der Waals surface area contributed by atoms with Gasteiger partial charge in [-0.1, -0.05) is 24.3 Å². The van der Waals surface area contributed by atoms with Gasteiger partial charge in [-0.05, 0) is 26.3 Å². The predicted octanol–water partition coefficient (Wildman–Crippen LogP) is 3.63. The molecule has 3 aromatic heterocycles. The van der Waals surface area contributed by atoms with Gasteiger partial charge in [-0.15, -0.1) is 21.5 Å². The average Bonchev–Trinajstić information content (AvgIpc) is 3.39. The van der Waals surface area contributed by atoms with Crippen LogP contribution in [0.4, 0.5) is 0 Å². The van der Waals surface area contributed by atoms with Crippen molar-refractivity contribution >= 4 is 29.0 Å². The first-order valence-electron chi connectivity index (χ1n) is 11.7. The molecule has 0 amide bonds. The molecule has 12 heteroatoms. The zero-order chi connectivity index (χ0) is 27.0. The normalized spacial score (nSPS) is 14.2. The van der Waals surface area contributed by atoms with Gasteiger partial charge in [0.2, 0.25) is 0 Å². The van der Waals surface area contributed by atoms with Crippen molar-refractivity contribution in [2.75, 3.05) is 13.7 Å². The molecule has 0 bridgehead atoms. The van der Waals surface area contributed by atoms with E-state index in [4.69, 9.17) is 19.6 Å². The number of aryl methyl sites for hydroxylation is 2. The van der Waals surface area contributed by atoms with Gasteiger partial charge in [0.1, 0.15) is 16.9 Å². The van der Waals surface area contributed by atoms with Gasteiger partial charge in [0.05, 0.1) is 31.6 Å². The SMILES string of the molecule is COC(=O)C[C@@H]1N=C(c2ccc(-c3ncc(OCC(=O)O)cn3)cc2)c2c(sc(C)c2C)-n2c(C)nnc21. The molecule has 1 aromatic carbocycles. The van der Waals surface area contributed by atoms with Crippen LogP contribution < -0.4 is 4.74 Å². The second kappa shape index (κ2) is 10.1. The smallest absolute Gasteiger partial charge is 0.341 e. The molecule has 4 aromatic rings. The van der Waals surface area contributed by atoms with E-state index in [-0.39, 0.29) is 18.1 Å². The topological polar surface area (TPSA) is 142 Å². The minimum atomic E-state index is -1.07. The third-order valence-corrected chi connectivity index (χ3v) is 7.43. The summed E-state index contributed by atoms with van der Waals surface area (Å²) in [7, 11) is 1.36. The largest absolute Gasteiger partial charge is 0.479 e. The lowest BCUT2D eigenvalue weighted by Crippen LogP contribution is -2.12. The molecular formula is C26H24N6O5S. The number of benzene rings is 1. The van der Waals surface area contributed by atoms with E-state index >= 15 is 0 Å². The number of methoxy groups -OCH3 is 1. The summed E-state index contributed by atoms with van der Waals surface area (Å²) < 4.78 is 12.0. The van der Waals surface area contributed by atoms with E-state index in [0.29, 0.717) is 11.6 Å². The Morgan fingerprint density at radius 3 is 2.39 bits per heavy atom. The maximum Gasteiger partial charge on any atom is 0.341 e. The highest BCUT2D eigenvalue weighted by Gasteiger charge is 2.32. The molecule has 11 nitrogen and oxygen atoms in total. The number of rotatable bonds is 7. The van der Waals surface area contributed by atoms with E-state index < -0.39 is 18.6 Å². The van der Waals surface area contributed by atoms with Crippen molar-refractivity contribution in [1.82, 2.24) is 24.7 Å². The predicted molar refractivity (Wildman–Crippen MR) is 139 cm³/mol. The number of esters is 1. The summed E-state index contributed by atoms with van der Waals surface area (Å²) in [5, 5.41) is 18.4. The lowest BCUT2D eigenvalue weighted by atomic mass is 9.98. The number of thiophene rings is 1. The number of hydrogen-bond donors (Lipinski definition) is 1.